The van der Waals surface area contributed by atoms with Crippen LogP contribution in [0.15, 0.2) is 36.0 Å². The van der Waals surface area contributed by atoms with Gasteiger partial charge in [-0.15, -0.1) is 0 Å². The van der Waals surface area contributed by atoms with Crippen LogP contribution in [0.2, 0.25) is 0 Å². The first kappa shape index (κ1) is 20.5. The molecule has 0 saturated carbocycles. The van der Waals surface area contributed by atoms with Crippen molar-refractivity contribution in [1.82, 2.24) is 10.2 Å². The summed E-state index contributed by atoms with van der Waals surface area (Å²) in [7, 11) is 0.922. The van der Waals surface area contributed by atoms with E-state index in [4.69, 9.17) is 12.2 Å². The molecular weight excluding hydrogens is 394 g/mol. The van der Waals surface area contributed by atoms with E-state index in [9.17, 15) is 34.1 Å². The van der Waals surface area contributed by atoms with Crippen LogP contribution in [-0.4, -0.2) is 51.4 Å². The molecule has 0 radical (unpaired) electrons. The van der Waals surface area contributed by atoms with Crippen molar-refractivity contribution in [3.8, 4) is 0 Å². The quantitative estimate of drug-likeness (QED) is 0.0795. The predicted molar refractivity (Wildman–Crippen MR) is 94.7 cm³/mol. The van der Waals surface area contributed by atoms with Crippen LogP contribution in [-0.2, 0) is 23.9 Å². The number of nitrogens with one attached hydrogen (secondary N) is 1. The van der Waals surface area contributed by atoms with Crippen LogP contribution in [0.25, 0.3) is 0 Å². The monoisotopic (exact) mass is 405 g/mol. The molecule has 11 nitrogen and oxygen atoms in total. The van der Waals surface area contributed by atoms with Gasteiger partial charge in [-0.25, -0.2) is 4.79 Å². The standard InChI is InChI=1S/C16H11N3O8S/c1-27-15(24)14(23)10(7-18-12(21)6-11(20)17-16(18)28)13(22)8-2-4-9(5-3-8)19(25)26/h2-5,7H,6H2,1H3,(H,17,20,28)/b10-7+. The maximum absolute atomic E-state index is 12.7. The van der Waals surface area contributed by atoms with Crippen molar-refractivity contribution in [3.63, 3.8) is 0 Å². The van der Waals surface area contributed by atoms with Gasteiger partial charge in [0.15, 0.2) is 10.9 Å². The Balaban J connectivity index is 2.48. The fraction of sp³-hybridized carbons (Fsp3) is 0.125. The summed E-state index contributed by atoms with van der Waals surface area (Å²) in [5, 5.41) is 12.5. The lowest BCUT2D eigenvalue weighted by Crippen LogP contribution is -2.50. The van der Waals surface area contributed by atoms with Crippen LogP contribution in [0.4, 0.5) is 5.69 Å². The molecule has 1 fully saturated rings. The number of non-ortho nitro benzene ring substituents is 1. The normalized spacial score (nSPS) is 14.4. The number of carbonyl (C=O) groups excluding carboxylic acids is 5. The molecule has 0 unspecified atom stereocenters. The zero-order chi connectivity index (χ0) is 21.0. The van der Waals surface area contributed by atoms with Crippen molar-refractivity contribution in [2.75, 3.05) is 7.11 Å². The number of hydrogen-bond acceptors (Lipinski definition) is 9. The highest BCUT2D eigenvalue weighted by Gasteiger charge is 2.32. The van der Waals surface area contributed by atoms with Crippen molar-refractivity contribution in [1.29, 1.82) is 0 Å². The van der Waals surface area contributed by atoms with Gasteiger partial charge < -0.3 is 10.1 Å². The minimum Gasteiger partial charge on any atom is -0.463 e. The summed E-state index contributed by atoms with van der Waals surface area (Å²) < 4.78 is 4.31. The number of thiocarbonyl (C=S) groups is 1. The highest BCUT2D eigenvalue weighted by atomic mass is 32.1. The second-order valence-electron chi connectivity index (χ2n) is 5.29. The minimum atomic E-state index is -1.37. The number of ketones is 2. The Labute approximate surface area is 162 Å². The molecule has 28 heavy (non-hydrogen) atoms. The number of nitro benzene ring substituents is 1. The van der Waals surface area contributed by atoms with E-state index < -0.39 is 46.3 Å². The van der Waals surface area contributed by atoms with Gasteiger partial charge in [-0.05, 0) is 24.4 Å². The van der Waals surface area contributed by atoms with Crippen molar-refractivity contribution >= 4 is 52.4 Å². The van der Waals surface area contributed by atoms with E-state index in [2.05, 4.69) is 10.1 Å². The largest absolute Gasteiger partial charge is 0.463 e. The zero-order valence-corrected chi connectivity index (χ0v) is 15.0. The Morgan fingerprint density at radius 3 is 2.36 bits per heavy atom. The number of Topliss-reactive ketones (excluding diaryl/α,β-unsaturated/α-hetero) is 2. The second kappa shape index (κ2) is 8.26. The Hall–Kier alpha value is -3.80. The average molecular weight is 405 g/mol. The van der Waals surface area contributed by atoms with Crippen LogP contribution in [0.5, 0.6) is 0 Å². The number of methoxy groups -OCH3 is 1. The summed E-state index contributed by atoms with van der Waals surface area (Å²) in [6.45, 7) is 0. The maximum atomic E-state index is 12.7. The molecule has 12 heteroatoms. The molecule has 1 heterocycles. The molecular formula is C16H11N3O8S. The first-order valence-electron chi connectivity index (χ1n) is 7.45. The van der Waals surface area contributed by atoms with Gasteiger partial charge in [0, 0.05) is 23.9 Å². The van der Waals surface area contributed by atoms with Crippen molar-refractivity contribution in [2.45, 2.75) is 6.42 Å². The Morgan fingerprint density at radius 2 is 1.86 bits per heavy atom. The van der Waals surface area contributed by atoms with E-state index >= 15 is 0 Å². The summed E-state index contributed by atoms with van der Waals surface area (Å²) in [5.41, 5.74) is -1.22. The highest BCUT2D eigenvalue weighted by Crippen LogP contribution is 2.17. The number of amides is 2. The maximum Gasteiger partial charge on any atom is 0.379 e. The number of hydrogen-bond donors (Lipinski definition) is 1. The molecule has 1 saturated heterocycles. The van der Waals surface area contributed by atoms with E-state index in [1.807, 2.05) is 0 Å². The molecule has 1 aromatic rings. The number of benzene rings is 1. The molecule has 1 aromatic carbocycles. The number of ether oxygens (including phenoxy) is 1. The van der Waals surface area contributed by atoms with Crippen LogP contribution < -0.4 is 5.32 Å². The van der Waals surface area contributed by atoms with Gasteiger partial charge in [-0.3, -0.25) is 34.2 Å². The third-order valence-electron chi connectivity index (χ3n) is 3.50. The number of esters is 1. The summed E-state index contributed by atoms with van der Waals surface area (Å²) in [6, 6.07) is 4.22. The van der Waals surface area contributed by atoms with Gasteiger partial charge in [0.25, 0.3) is 11.5 Å². The van der Waals surface area contributed by atoms with Gasteiger partial charge in [0.1, 0.15) is 6.42 Å². The first-order chi connectivity index (χ1) is 13.1. The Bertz CT molecular complexity index is 931. The van der Waals surface area contributed by atoms with Gasteiger partial charge >= 0.3 is 5.97 Å². The molecule has 1 aliphatic rings. The first-order valence-corrected chi connectivity index (χ1v) is 7.86. The molecule has 0 atom stereocenters. The number of carbonyl (C=O) groups is 5. The van der Waals surface area contributed by atoms with E-state index in [-0.39, 0.29) is 16.4 Å². The van der Waals surface area contributed by atoms with Crippen molar-refractivity contribution < 1.29 is 33.6 Å². The van der Waals surface area contributed by atoms with Crippen LogP contribution in [0.1, 0.15) is 16.8 Å². The van der Waals surface area contributed by atoms with Gasteiger partial charge in [0.2, 0.25) is 11.8 Å². The van der Waals surface area contributed by atoms with Crippen LogP contribution >= 0.6 is 12.2 Å². The summed E-state index contributed by atoms with van der Waals surface area (Å²) in [4.78, 5) is 70.6. The predicted octanol–water partition coefficient (Wildman–Crippen LogP) is 0.0369. The second-order valence-corrected chi connectivity index (χ2v) is 5.68. The summed E-state index contributed by atoms with van der Waals surface area (Å²) in [5.74, 6) is -5.22. The summed E-state index contributed by atoms with van der Waals surface area (Å²) in [6.07, 6.45) is 0.148. The van der Waals surface area contributed by atoms with E-state index in [0.29, 0.717) is 4.90 Å². The van der Waals surface area contributed by atoms with Gasteiger partial charge in [-0.1, -0.05) is 0 Å². The number of rotatable bonds is 6. The molecule has 1 N–H and O–H groups in total. The highest BCUT2D eigenvalue weighted by molar-refractivity contribution is 7.80. The lowest BCUT2D eigenvalue weighted by Gasteiger charge is -2.24. The molecule has 2 amide bonds. The van der Waals surface area contributed by atoms with Crippen LogP contribution in [0.3, 0.4) is 0 Å². The lowest BCUT2D eigenvalue weighted by atomic mass is 10.00. The third-order valence-corrected chi connectivity index (χ3v) is 3.80. The molecule has 0 bridgehead atoms. The van der Waals surface area contributed by atoms with Gasteiger partial charge in [-0.2, -0.15) is 0 Å². The molecule has 2 rings (SSSR count). The van der Waals surface area contributed by atoms with Crippen molar-refractivity contribution in [2.24, 2.45) is 0 Å². The van der Waals surface area contributed by atoms with E-state index in [1.165, 1.54) is 0 Å². The topological polar surface area (TPSA) is 153 Å². The summed E-state index contributed by atoms with van der Waals surface area (Å²) >= 11 is 4.84. The fourth-order valence-corrected chi connectivity index (χ4v) is 2.40. The third kappa shape index (κ3) is 4.29. The van der Waals surface area contributed by atoms with E-state index in [1.54, 1.807) is 0 Å². The molecule has 0 aromatic heterocycles. The Morgan fingerprint density at radius 1 is 1.25 bits per heavy atom. The number of nitro groups is 1. The van der Waals surface area contributed by atoms with E-state index in [0.717, 1.165) is 37.6 Å². The molecule has 1 aliphatic heterocycles. The molecule has 144 valence electrons. The fourth-order valence-electron chi connectivity index (χ4n) is 2.13. The average Bonchev–Trinajstić information content (AvgIpc) is 2.65. The minimum absolute atomic E-state index is 0.159. The van der Waals surface area contributed by atoms with Crippen LogP contribution in [0, 0.1) is 10.1 Å². The SMILES string of the molecule is COC(=O)C(=O)/C(=C/N1C(=O)CC(=O)NC1=S)C(=O)c1ccc([N+](=O)[O-])cc1. The zero-order valence-electron chi connectivity index (χ0n) is 14.2. The molecule has 0 aliphatic carbocycles. The van der Waals surface area contributed by atoms with Crippen molar-refractivity contribution in [3.05, 3.63) is 51.7 Å². The Kier molecular flexibility index (Phi) is 6.05. The lowest BCUT2D eigenvalue weighted by molar-refractivity contribution is -0.384. The van der Waals surface area contributed by atoms with Gasteiger partial charge in [0.05, 0.1) is 17.6 Å². The number of nitrogens with zero attached hydrogens (tertiary/aromatic N) is 2. The molecule has 0 spiro atoms. The smallest absolute Gasteiger partial charge is 0.379 e.